The van der Waals surface area contributed by atoms with E-state index in [-0.39, 0.29) is 5.92 Å². The zero-order valence-corrected chi connectivity index (χ0v) is 25.8. The minimum Gasteiger partial charge on any atom is -0.310 e. The van der Waals surface area contributed by atoms with Gasteiger partial charge in [-0.3, -0.25) is 4.90 Å². The second kappa shape index (κ2) is 11.7. The molecule has 0 fully saturated rings. The van der Waals surface area contributed by atoms with Crippen molar-refractivity contribution in [1.29, 1.82) is 0 Å². The van der Waals surface area contributed by atoms with Gasteiger partial charge in [0.2, 0.25) is 5.95 Å². The van der Waals surface area contributed by atoms with E-state index in [9.17, 15) is 0 Å². The summed E-state index contributed by atoms with van der Waals surface area (Å²) in [6.45, 7) is 13.0. The first-order valence-corrected chi connectivity index (χ1v) is 15.0. The quantitative estimate of drug-likeness (QED) is 0.194. The molecule has 0 saturated heterocycles. The fourth-order valence-corrected chi connectivity index (χ4v) is 5.82. The van der Waals surface area contributed by atoms with Gasteiger partial charge in [-0.15, -0.1) is 0 Å². The molecule has 6 aromatic rings. The molecule has 4 nitrogen and oxygen atoms in total. The van der Waals surface area contributed by atoms with Gasteiger partial charge in [0.15, 0.2) is 0 Å². The van der Waals surface area contributed by atoms with Gasteiger partial charge in [-0.2, -0.15) is 0 Å². The van der Waals surface area contributed by atoms with Crippen LogP contribution in [0.3, 0.4) is 0 Å². The topological polar surface area (TPSA) is 32.3 Å². The van der Waals surface area contributed by atoms with Crippen LogP contribution >= 0.6 is 0 Å². The van der Waals surface area contributed by atoms with Crippen molar-refractivity contribution in [2.24, 2.45) is 0 Å². The summed E-state index contributed by atoms with van der Waals surface area (Å²) >= 11 is 0. The Kier molecular flexibility index (Phi) is 7.69. The molecule has 0 aliphatic heterocycles. The summed E-state index contributed by atoms with van der Waals surface area (Å²) in [6.07, 6.45) is 0. The number of fused-ring (bicyclic) bond motifs is 1. The Morgan fingerprint density at radius 2 is 0.907 bits per heavy atom. The van der Waals surface area contributed by atoms with Crippen molar-refractivity contribution in [2.45, 2.75) is 47.5 Å². The van der Waals surface area contributed by atoms with Gasteiger partial charge >= 0.3 is 0 Å². The van der Waals surface area contributed by atoms with Gasteiger partial charge in [0.1, 0.15) is 0 Å². The zero-order valence-electron chi connectivity index (χ0n) is 25.8. The fraction of sp³-hybridized carbons (Fsp3) is 0.179. The molecule has 0 bridgehead atoms. The van der Waals surface area contributed by atoms with Crippen LogP contribution in [-0.4, -0.2) is 9.97 Å². The van der Waals surface area contributed by atoms with Crippen molar-refractivity contribution in [3.63, 3.8) is 0 Å². The lowest BCUT2D eigenvalue weighted by Crippen LogP contribution is -2.17. The lowest BCUT2D eigenvalue weighted by atomic mass is 10.0. The molecule has 0 spiro atoms. The van der Waals surface area contributed by atoms with E-state index in [0.717, 1.165) is 45.0 Å². The van der Waals surface area contributed by atoms with Crippen molar-refractivity contribution >= 4 is 45.3 Å². The number of rotatable bonds is 7. The molecule has 0 radical (unpaired) electrons. The van der Waals surface area contributed by atoms with Gasteiger partial charge in [0.25, 0.3) is 0 Å². The summed E-state index contributed by atoms with van der Waals surface area (Å²) in [4.78, 5) is 15.1. The molecule has 214 valence electrons. The Labute approximate surface area is 255 Å². The average Bonchev–Trinajstić information content (AvgIpc) is 3.00. The summed E-state index contributed by atoms with van der Waals surface area (Å²) in [5.41, 5.74) is 12.3. The number of aryl methyl sites for hydroxylation is 4. The number of nitrogens with zero attached hydrogens (tertiary/aromatic N) is 4. The van der Waals surface area contributed by atoms with Crippen LogP contribution in [0.1, 0.15) is 47.7 Å². The van der Waals surface area contributed by atoms with Crippen molar-refractivity contribution < 1.29 is 0 Å². The van der Waals surface area contributed by atoms with Crippen LogP contribution in [-0.2, 0) is 0 Å². The third-order valence-electron chi connectivity index (χ3n) is 8.13. The molecular formula is C39H38N4. The standard InChI is InChI=1S/C39H38N4/c1-26(2)38-32-25-31(42(34-19-11-7-15-27(34)3)35-20-12-8-16-28(35)4)23-24-33(32)40-39(41-38)43(36-21-13-9-17-29(36)5)37-22-14-10-18-30(37)6/h7-26H,1-6H3. The van der Waals surface area contributed by atoms with Crippen molar-refractivity contribution in [1.82, 2.24) is 9.97 Å². The zero-order chi connectivity index (χ0) is 30.1. The van der Waals surface area contributed by atoms with E-state index in [1.54, 1.807) is 0 Å². The Hall–Kier alpha value is -4.96. The van der Waals surface area contributed by atoms with Gasteiger partial charge in [-0.05, 0) is 98.3 Å². The Morgan fingerprint density at radius 1 is 0.488 bits per heavy atom. The highest BCUT2D eigenvalue weighted by Gasteiger charge is 2.23. The second-order valence-electron chi connectivity index (χ2n) is 11.6. The predicted molar refractivity (Wildman–Crippen MR) is 182 cm³/mol. The van der Waals surface area contributed by atoms with Gasteiger partial charge < -0.3 is 4.90 Å². The Balaban J connectivity index is 1.58. The molecule has 1 heterocycles. The third kappa shape index (κ3) is 5.37. The highest BCUT2D eigenvalue weighted by atomic mass is 15.3. The van der Waals surface area contributed by atoms with Gasteiger partial charge in [0.05, 0.1) is 22.6 Å². The maximum Gasteiger partial charge on any atom is 0.235 e. The van der Waals surface area contributed by atoms with Gasteiger partial charge in [-0.1, -0.05) is 86.6 Å². The van der Waals surface area contributed by atoms with Crippen molar-refractivity contribution in [3.8, 4) is 0 Å². The molecule has 0 N–H and O–H groups in total. The lowest BCUT2D eigenvalue weighted by molar-refractivity contribution is 0.826. The lowest BCUT2D eigenvalue weighted by Gasteiger charge is -2.29. The first kappa shape index (κ1) is 28.2. The van der Waals surface area contributed by atoms with E-state index in [1.165, 1.54) is 22.3 Å². The molecule has 43 heavy (non-hydrogen) atoms. The second-order valence-corrected chi connectivity index (χ2v) is 11.6. The summed E-state index contributed by atoms with van der Waals surface area (Å²) in [5.74, 6) is 0.877. The number of hydrogen-bond acceptors (Lipinski definition) is 4. The molecule has 0 atom stereocenters. The van der Waals surface area contributed by atoms with Crippen LogP contribution in [0.25, 0.3) is 10.9 Å². The average molecular weight is 563 g/mol. The van der Waals surface area contributed by atoms with Gasteiger partial charge in [0, 0.05) is 22.4 Å². The molecule has 0 unspecified atom stereocenters. The minimum atomic E-state index is 0.195. The summed E-state index contributed by atoms with van der Waals surface area (Å²) in [7, 11) is 0. The molecular weight excluding hydrogens is 524 g/mol. The molecule has 6 rings (SSSR count). The maximum atomic E-state index is 5.31. The van der Waals surface area contributed by atoms with Crippen LogP contribution in [0.4, 0.5) is 34.4 Å². The van der Waals surface area contributed by atoms with Crippen LogP contribution in [0, 0.1) is 27.7 Å². The third-order valence-corrected chi connectivity index (χ3v) is 8.13. The van der Waals surface area contributed by atoms with Crippen LogP contribution in [0.15, 0.2) is 115 Å². The van der Waals surface area contributed by atoms with E-state index in [4.69, 9.17) is 9.97 Å². The Bertz CT molecular complexity index is 1830. The summed E-state index contributed by atoms with van der Waals surface area (Å²) in [5, 5.41) is 1.07. The normalized spacial score (nSPS) is 11.2. The fourth-order valence-electron chi connectivity index (χ4n) is 5.82. The van der Waals surface area contributed by atoms with Crippen molar-refractivity contribution in [3.05, 3.63) is 143 Å². The number of hydrogen-bond donors (Lipinski definition) is 0. The number of benzene rings is 5. The number of aromatic nitrogens is 2. The molecule has 1 aromatic heterocycles. The monoisotopic (exact) mass is 562 g/mol. The van der Waals surface area contributed by atoms with Crippen LogP contribution in [0.2, 0.25) is 0 Å². The highest BCUT2D eigenvalue weighted by molar-refractivity contribution is 5.91. The van der Waals surface area contributed by atoms with E-state index in [0.29, 0.717) is 5.95 Å². The highest BCUT2D eigenvalue weighted by Crippen LogP contribution is 2.42. The Morgan fingerprint density at radius 3 is 1.33 bits per heavy atom. The molecule has 0 aliphatic rings. The van der Waals surface area contributed by atoms with Crippen LogP contribution in [0.5, 0.6) is 0 Å². The molecule has 5 aromatic carbocycles. The maximum absolute atomic E-state index is 5.31. The van der Waals surface area contributed by atoms with Crippen LogP contribution < -0.4 is 9.80 Å². The summed E-state index contributed by atoms with van der Waals surface area (Å²) < 4.78 is 0. The largest absolute Gasteiger partial charge is 0.310 e. The van der Waals surface area contributed by atoms with E-state index < -0.39 is 0 Å². The first-order valence-electron chi connectivity index (χ1n) is 15.0. The SMILES string of the molecule is Cc1ccccc1N(c1ccc2nc(N(c3ccccc3C)c3ccccc3C)nc(C(C)C)c2c1)c1ccccc1C. The van der Waals surface area contributed by atoms with E-state index in [1.807, 2.05) is 0 Å². The molecule has 0 aliphatic carbocycles. The van der Waals surface area contributed by atoms with E-state index in [2.05, 4.69) is 167 Å². The van der Waals surface area contributed by atoms with Crippen molar-refractivity contribution in [2.75, 3.05) is 9.80 Å². The molecule has 0 saturated carbocycles. The molecule has 0 amide bonds. The van der Waals surface area contributed by atoms with Gasteiger partial charge in [-0.25, -0.2) is 9.97 Å². The number of para-hydroxylation sites is 4. The minimum absolute atomic E-state index is 0.195. The first-order chi connectivity index (χ1) is 20.8. The molecule has 4 heteroatoms. The predicted octanol–water partition coefficient (Wildman–Crippen LogP) is 10.9. The van der Waals surface area contributed by atoms with E-state index >= 15 is 0 Å². The number of anilines is 6. The summed E-state index contributed by atoms with van der Waals surface area (Å²) in [6, 6.07) is 40.6. The smallest absolute Gasteiger partial charge is 0.235 e.